The predicted octanol–water partition coefficient (Wildman–Crippen LogP) is 4.42. The summed E-state index contributed by atoms with van der Waals surface area (Å²) in [5.74, 6) is 2.48. The van der Waals surface area contributed by atoms with E-state index in [1.807, 2.05) is 0 Å². The highest BCUT2D eigenvalue weighted by Crippen LogP contribution is 2.40. The largest absolute Gasteiger partial charge is 0.493 e. The lowest BCUT2D eigenvalue weighted by molar-refractivity contribution is 0.254. The van der Waals surface area contributed by atoms with E-state index in [0.717, 1.165) is 61.9 Å². The zero-order valence-electron chi connectivity index (χ0n) is 17.6. The molecule has 2 aromatic rings. The van der Waals surface area contributed by atoms with Gasteiger partial charge in [0.25, 0.3) is 0 Å². The van der Waals surface area contributed by atoms with Crippen molar-refractivity contribution in [3.63, 3.8) is 0 Å². The zero-order valence-corrected chi connectivity index (χ0v) is 17.6. The minimum absolute atomic E-state index is 0.718. The van der Waals surface area contributed by atoms with Crippen LogP contribution in [0.2, 0.25) is 0 Å². The smallest absolute Gasteiger partial charge is 0.163 e. The summed E-state index contributed by atoms with van der Waals surface area (Å²) >= 11 is 0. The van der Waals surface area contributed by atoms with Crippen molar-refractivity contribution in [1.29, 1.82) is 0 Å². The van der Waals surface area contributed by atoms with Crippen LogP contribution in [-0.2, 0) is 12.8 Å². The zero-order chi connectivity index (χ0) is 19.6. The van der Waals surface area contributed by atoms with Crippen molar-refractivity contribution in [3.05, 3.63) is 23.4 Å². The summed E-state index contributed by atoms with van der Waals surface area (Å²) in [7, 11) is 1.73. The maximum atomic E-state index is 6.15. The van der Waals surface area contributed by atoms with Crippen LogP contribution in [0.15, 0.2) is 12.1 Å². The van der Waals surface area contributed by atoms with E-state index in [9.17, 15) is 0 Å². The summed E-state index contributed by atoms with van der Waals surface area (Å²) in [5, 5.41) is 4.94. The molecule has 0 atom stereocenters. The Morgan fingerprint density at radius 2 is 1.97 bits per heavy atom. The molecule has 2 aliphatic carbocycles. The molecule has 1 saturated carbocycles. The van der Waals surface area contributed by atoms with Crippen LogP contribution >= 0.6 is 0 Å². The Morgan fingerprint density at radius 1 is 1.10 bits per heavy atom. The van der Waals surface area contributed by atoms with E-state index >= 15 is 0 Å². The number of pyridine rings is 1. The van der Waals surface area contributed by atoms with Gasteiger partial charge in [-0.15, -0.1) is 0 Å². The lowest BCUT2D eigenvalue weighted by Crippen LogP contribution is -2.21. The summed E-state index contributed by atoms with van der Waals surface area (Å²) < 4.78 is 11.9. The number of benzene rings is 1. The first kappa shape index (κ1) is 19.0. The van der Waals surface area contributed by atoms with E-state index in [4.69, 9.17) is 14.5 Å². The Kier molecular flexibility index (Phi) is 5.49. The molecule has 0 unspecified atom stereocenters. The molecule has 3 aliphatic rings. The molecule has 5 nitrogen and oxygen atoms in total. The van der Waals surface area contributed by atoms with Gasteiger partial charge in [0.2, 0.25) is 0 Å². The number of ether oxygens (including phenoxy) is 2. The van der Waals surface area contributed by atoms with Gasteiger partial charge >= 0.3 is 0 Å². The van der Waals surface area contributed by atoms with Crippen molar-refractivity contribution in [2.45, 2.75) is 51.4 Å². The predicted molar refractivity (Wildman–Crippen MR) is 117 cm³/mol. The fourth-order valence-electron chi connectivity index (χ4n) is 4.79. The normalized spacial score (nSPS) is 18.9. The monoisotopic (exact) mass is 395 g/mol. The van der Waals surface area contributed by atoms with E-state index in [1.165, 1.54) is 67.5 Å². The Bertz CT molecular complexity index is 872. The number of rotatable bonds is 9. The highest BCUT2D eigenvalue weighted by atomic mass is 16.5. The molecule has 1 aliphatic heterocycles. The second-order valence-corrected chi connectivity index (χ2v) is 8.86. The number of nitrogens with one attached hydrogen (secondary N) is 1. The molecule has 2 fully saturated rings. The third-order valence-corrected chi connectivity index (χ3v) is 6.64. The number of fused-ring (bicyclic) bond motifs is 2. The van der Waals surface area contributed by atoms with E-state index in [-0.39, 0.29) is 0 Å². The van der Waals surface area contributed by atoms with Crippen LogP contribution in [0.3, 0.4) is 0 Å². The Balaban J connectivity index is 1.37. The van der Waals surface area contributed by atoms with Gasteiger partial charge in [0.1, 0.15) is 0 Å². The number of anilines is 1. The highest BCUT2D eigenvalue weighted by molar-refractivity contribution is 5.96. The van der Waals surface area contributed by atoms with Crippen LogP contribution in [-0.4, -0.2) is 49.8 Å². The van der Waals surface area contributed by atoms with Crippen LogP contribution in [0.1, 0.15) is 49.8 Å². The van der Waals surface area contributed by atoms with E-state index < -0.39 is 0 Å². The minimum Gasteiger partial charge on any atom is -0.493 e. The third-order valence-electron chi connectivity index (χ3n) is 6.64. The quantitative estimate of drug-likeness (QED) is 0.637. The van der Waals surface area contributed by atoms with Gasteiger partial charge in [-0.2, -0.15) is 0 Å². The number of likely N-dealkylation sites (tertiary alicyclic amines) is 1. The lowest BCUT2D eigenvalue weighted by Gasteiger charge is -2.18. The first-order valence-electron chi connectivity index (χ1n) is 11.4. The van der Waals surface area contributed by atoms with Gasteiger partial charge in [-0.3, -0.25) is 4.98 Å². The Morgan fingerprint density at radius 3 is 2.76 bits per heavy atom. The van der Waals surface area contributed by atoms with Gasteiger partial charge in [0.15, 0.2) is 11.5 Å². The number of nitrogens with zero attached hydrogens (tertiary/aromatic N) is 2. The van der Waals surface area contributed by atoms with Crippen LogP contribution < -0.4 is 14.8 Å². The van der Waals surface area contributed by atoms with Crippen molar-refractivity contribution in [2.24, 2.45) is 5.92 Å². The average molecular weight is 396 g/mol. The number of aromatic nitrogens is 1. The van der Waals surface area contributed by atoms with E-state index in [1.54, 1.807) is 7.11 Å². The average Bonchev–Trinajstić information content (AvgIpc) is 3.20. The molecule has 5 heteroatoms. The first-order chi connectivity index (χ1) is 14.3. The molecular weight excluding hydrogens is 362 g/mol. The van der Waals surface area contributed by atoms with E-state index in [2.05, 4.69) is 22.3 Å². The maximum Gasteiger partial charge on any atom is 0.163 e. The van der Waals surface area contributed by atoms with Crippen LogP contribution in [0.4, 0.5) is 5.69 Å². The molecule has 2 heterocycles. The number of hydrogen-bond acceptors (Lipinski definition) is 5. The number of methoxy groups -OCH3 is 1. The van der Waals surface area contributed by atoms with Crippen molar-refractivity contribution >= 4 is 16.6 Å². The fraction of sp³-hybridized carbons (Fsp3) is 0.625. The van der Waals surface area contributed by atoms with Crippen molar-refractivity contribution in [3.8, 4) is 11.5 Å². The Hall–Kier alpha value is -2.01. The summed E-state index contributed by atoms with van der Waals surface area (Å²) in [6.45, 7) is 5.39. The molecule has 29 heavy (non-hydrogen) atoms. The van der Waals surface area contributed by atoms with Gasteiger partial charge in [0.05, 0.1) is 19.2 Å². The second-order valence-electron chi connectivity index (χ2n) is 8.86. The van der Waals surface area contributed by atoms with Crippen molar-refractivity contribution in [2.75, 3.05) is 45.2 Å². The number of hydrogen-bond donors (Lipinski definition) is 1. The van der Waals surface area contributed by atoms with E-state index in [0.29, 0.717) is 0 Å². The molecule has 1 aromatic carbocycles. The van der Waals surface area contributed by atoms with Crippen LogP contribution in [0.25, 0.3) is 10.9 Å². The van der Waals surface area contributed by atoms with Crippen molar-refractivity contribution in [1.82, 2.24) is 9.88 Å². The summed E-state index contributed by atoms with van der Waals surface area (Å²) in [6, 6.07) is 4.22. The molecular formula is C24H33N3O2. The SMILES string of the molecule is COc1cc2c(NCC3CC3)c3c(nc2cc1OCCCN1CCCC1)CCC3. The molecule has 1 saturated heterocycles. The molecule has 0 amide bonds. The highest BCUT2D eigenvalue weighted by Gasteiger charge is 2.25. The van der Waals surface area contributed by atoms with Gasteiger partial charge in [-0.05, 0) is 82.0 Å². The molecule has 0 radical (unpaired) electrons. The molecule has 5 rings (SSSR count). The Labute approximate surface area is 173 Å². The van der Waals surface area contributed by atoms with Gasteiger partial charge < -0.3 is 19.7 Å². The molecule has 1 aromatic heterocycles. The van der Waals surface area contributed by atoms with Crippen molar-refractivity contribution < 1.29 is 9.47 Å². The summed E-state index contributed by atoms with van der Waals surface area (Å²) in [4.78, 5) is 7.53. The molecule has 156 valence electrons. The van der Waals surface area contributed by atoms with Gasteiger partial charge in [0, 0.05) is 35.9 Å². The van der Waals surface area contributed by atoms with Crippen LogP contribution in [0, 0.1) is 5.92 Å². The number of aryl methyl sites for hydroxylation is 1. The molecule has 1 N–H and O–H groups in total. The van der Waals surface area contributed by atoms with Gasteiger partial charge in [-0.25, -0.2) is 0 Å². The van der Waals surface area contributed by atoms with Crippen LogP contribution in [0.5, 0.6) is 11.5 Å². The fourth-order valence-corrected chi connectivity index (χ4v) is 4.79. The minimum atomic E-state index is 0.718. The summed E-state index contributed by atoms with van der Waals surface area (Å²) in [5.41, 5.74) is 4.99. The van der Waals surface area contributed by atoms with Gasteiger partial charge in [-0.1, -0.05) is 0 Å². The molecule has 0 bridgehead atoms. The lowest BCUT2D eigenvalue weighted by atomic mass is 10.1. The third kappa shape index (κ3) is 4.16. The standard InChI is InChI=1S/C24H33N3O2/c1-28-22-14-19-21(15-23(22)29-13-5-12-27-10-2-3-11-27)26-20-7-4-6-18(20)24(19)25-16-17-8-9-17/h14-15,17H,2-13,16H2,1H3,(H,25,26). The molecule has 0 spiro atoms. The summed E-state index contributed by atoms with van der Waals surface area (Å²) in [6.07, 6.45) is 9.86. The maximum absolute atomic E-state index is 6.15. The first-order valence-corrected chi connectivity index (χ1v) is 11.4. The second kappa shape index (κ2) is 8.39. The topological polar surface area (TPSA) is 46.6 Å².